The smallest absolute Gasteiger partial charge is 0.268 e. The summed E-state index contributed by atoms with van der Waals surface area (Å²) in [6.07, 6.45) is 5.24. The van der Waals surface area contributed by atoms with Crippen molar-refractivity contribution in [1.29, 1.82) is 0 Å². The van der Waals surface area contributed by atoms with E-state index in [1.807, 2.05) is 42.6 Å². The van der Waals surface area contributed by atoms with Gasteiger partial charge in [-0.05, 0) is 49.8 Å². The topological polar surface area (TPSA) is 77.1 Å². The van der Waals surface area contributed by atoms with Gasteiger partial charge in [0, 0.05) is 30.7 Å². The van der Waals surface area contributed by atoms with Crippen LogP contribution in [-0.2, 0) is 14.3 Å². The monoisotopic (exact) mass is 486 g/mol. The summed E-state index contributed by atoms with van der Waals surface area (Å²) in [5, 5.41) is 5.17. The van der Waals surface area contributed by atoms with Gasteiger partial charge in [0.2, 0.25) is 12.0 Å². The van der Waals surface area contributed by atoms with E-state index in [2.05, 4.69) is 5.32 Å². The van der Waals surface area contributed by atoms with Crippen LogP contribution in [0.25, 0.3) is 0 Å². The molecule has 1 fully saturated rings. The fourth-order valence-electron chi connectivity index (χ4n) is 4.57. The third kappa shape index (κ3) is 6.10. The average molecular weight is 487 g/mol. The largest absolute Gasteiger partial charge is 0.485 e. The van der Waals surface area contributed by atoms with Gasteiger partial charge in [0.15, 0.2) is 11.5 Å². The summed E-state index contributed by atoms with van der Waals surface area (Å²) < 4.78 is 17.3. The van der Waals surface area contributed by atoms with Crippen LogP contribution in [0.15, 0.2) is 41.8 Å². The van der Waals surface area contributed by atoms with E-state index in [-0.39, 0.29) is 24.5 Å². The van der Waals surface area contributed by atoms with Crippen LogP contribution in [0.2, 0.25) is 0 Å². The van der Waals surface area contributed by atoms with Crippen molar-refractivity contribution >= 4 is 23.2 Å². The lowest BCUT2D eigenvalue weighted by Crippen LogP contribution is -2.52. The van der Waals surface area contributed by atoms with Gasteiger partial charge in [0.1, 0.15) is 12.6 Å². The normalized spacial score (nSPS) is 18.8. The summed E-state index contributed by atoms with van der Waals surface area (Å²) >= 11 is 1.49. The van der Waals surface area contributed by atoms with Gasteiger partial charge in [-0.1, -0.05) is 37.5 Å². The highest BCUT2D eigenvalue weighted by Gasteiger charge is 2.38. The zero-order valence-electron chi connectivity index (χ0n) is 19.7. The lowest BCUT2D eigenvalue weighted by Gasteiger charge is -2.35. The first-order valence-corrected chi connectivity index (χ1v) is 13.2. The first kappa shape index (κ1) is 24.5. The number of hydrogen-bond donors (Lipinski definition) is 1. The molecule has 184 valence electrons. The molecule has 0 radical (unpaired) electrons. The molecule has 8 heteroatoms. The molecule has 2 atom stereocenters. The lowest BCUT2D eigenvalue weighted by molar-refractivity contribution is -0.148. The van der Waals surface area contributed by atoms with E-state index < -0.39 is 12.1 Å². The number of carbonyl (C=O) groups excluding carboxylic acids is 2. The molecule has 2 heterocycles. The van der Waals surface area contributed by atoms with Crippen LogP contribution >= 0.6 is 11.3 Å². The molecule has 2 aliphatic rings. The van der Waals surface area contributed by atoms with Crippen molar-refractivity contribution in [1.82, 2.24) is 10.2 Å². The third-order valence-corrected chi connectivity index (χ3v) is 7.21. The number of hydrogen-bond acceptors (Lipinski definition) is 6. The van der Waals surface area contributed by atoms with Crippen LogP contribution in [-0.4, -0.2) is 55.2 Å². The van der Waals surface area contributed by atoms with E-state index in [4.69, 9.17) is 14.2 Å². The number of benzene rings is 1. The van der Waals surface area contributed by atoms with Crippen molar-refractivity contribution in [3.05, 3.63) is 46.7 Å². The Bertz CT molecular complexity index is 929. The van der Waals surface area contributed by atoms with E-state index in [9.17, 15) is 9.59 Å². The maximum absolute atomic E-state index is 13.8. The molecule has 4 rings (SSSR count). The summed E-state index contributed by atoms with van der Waals surface area (Å²) in [6, 6.07) is 10.6. The minimum absolute atomic E-state index is 0.110. The van der Waals surface area contributed by atoms with Gasteiger partial charge in [0.25, 0.3) is 5.91 Å². The van der Waals surface area contributed by atoms with Crippen molar-refractivity contribution in [2.45, 2.75) is 63.6 Å². The van der Waals surface area contributed by atoms with E-state index in [0.29, 0.717) is 37.7 Å². The minimum atomic E-state index is -0.813. The number of rotatable bonds is 10. The zero-order chi connectivity index (χ0) is 23.8. The van der Waals surface area contributed by atoms with Crippen molar-refractivity contribution in [2.75, 3.05) is 26.4 Å². The molecule has 1 aliphatic carbocycles. The molecule has 1 aromatic heterocycles. The van der Waals surface area contributed by atoms with Crippen molar-refractivity contribution in [2.24, 2.45) is 0 Å². The summed E-state index contributed by atoms with van der Waals surface area (Å²) in [4.78, 5) is 29.9. The Kier molecular flexibility index (Phi) is 8.82. The molecular weight excluding hydrogens is 452 g/mol. The molecule has 1 aliphatic heterocycles. The number of ether oxygens (including phenoxy) is 3. The summed E-state index contributed by atoms with van der Waals surface area (Å²) in [5.41, 5.74) is 0. The highest BCUT2D eigenvalue weighted by molar-refractivity contribution is 7.10. The Morgan fingerprint density at radius 3 is 2.68 bits per heavy atom. The summed E-state index contributed by atoms with van der Waals surface area (Å²) in [7, 11) is 0. The Labute approximate surface area is 205 Å². The number of thiophene rings is 1. The highest BCUT2D eigenvalue weighted by Crippen LogP contribution is 2.33. The van der Waals surface area contributed by atoms with Gasteiger partial charge in [-0.3, -0.25) is 9.59 Å². The minimum Gasteiger partial charge on any atom is -0.485 e. The molecule has 0 spiro atoms. The van der Waals surface area contributed by atoms with E-state index in [0.717, 1.165) is 30.6 Å². The van der Waals surface area contributed by atoms with Crippen LogP contribution < -0.4 is 14.8 Å². The Morgan fingerprint density at radius 2 is 1.94 bits per heavy atom. The van der Waals surface area contributed by atoms with Crippen LogP contribution in [0, 0.1) is 0 Å². The predicted octanol–water partition coefficient (Wildman–Crippen LogP) is 4.33. The number of fused-ring (bicyclic) bond motifs is 1. The molecule has 7 nitrogen and oxygen atoms in total. The van der Waals surface area contributed by atoms with E-state index in [1.54, 1.807) is 11.0 Å². The Balaban J connectivity index is 1.56. The average Bonchev–Trinajstić information content (AvgIpc) is 3.40. The number of nitrogens with one attached hydrogen (secondary N) is 1. The Hall–Kier alpha value is -2.58. The maximum Gasteiger partial charge on any atom is 0.268 e. The fourth-order valence-corrected chi connectivity index (χ4v) is 5.41. The highest BCUT2D eigenvalue weighted by atomic mass is 32.1. The SMILES string of the molecule is CCOCCCN(C(=O)[C@@H]1COc2ccccc2O1)[C@@H](C(=O)NC1CCCCC1)c1cccs1. The van der Waals surface area contributed by atoms with E-state index >= 15 is 0 Å². The van der Waals surface area contributed by atoms with Crippen LogP contribution in [0.1, 0.15) is 56.4 Å². The van der Waals surface area contributed by atoms with Crippen LogP contribution in [0.3, 0.4) is 0 Å². The molecule has 2 aromatic rings. The second-order valence-corrected chi connectivity index (χ2v) is 9.69. The van der Waals surface area contributed by atoms with E-state index in [1.165, 1.54) is 17.8 Å². The molecule has 0 bridgehead atoms. The van der Waals surface area contributed by atoms with Crippen LogP contribution in [0.4, 0.5) is 0 Å². The number of nitrogens with zero attached hydrogens (tertiary/aromatic N) is 1. The number of para-hydroxylation sites is 2. The number of carbonyl (C=O) groups is 2. The molecule has 0 saturated heterocycles. The molecular formula is C26H34N2O5S. The molecule has 1 saturated carbocycles. The second kappa shape index (κ2) is 12.2. The third-order valence-electron chi connectivity index (χ3n) is 6.28. The Morgan fingerprint density at radius 1 is 1.15 bits per heavy atom. The first-order valence-electron chi connectivity index (χ1n) is 12.3. The van der Waals surface area contributed by atoms with Gasteiger partial charge < -0.3 is 24.4 Å². The maximum atomic E-state index is 13.8. The van der Waals surface area contributed by atoms with Gasteiger partial charge >= 0.3 is 0 Å². The summed E-state index contributed by atoms with van der Waals surface area (Å²) in [6.45, 7) is 3.58. The van der Waals surface area contributed by atoms with Crippen molar-refractivity contribution < 1.29 is 23.8 Å². The van der Waals surface area contributed by atoms with Crippen LogP contribution in [0.5, 0.6) is 11.5 Å². The first-order chi connectivity index (χ1) is 16.7. The molecule has 1 aromatic carbocycles. The zero-order valence-corrected chi connectivity index (χ0v) is 20.6. The second-order valence-electron chi connectivity index (χ2n) is 8.71. The van der Waals surface area contributed by atoms with Gasteiger partial charge in [0.05, 0.1) is 0 Å². The quantitative estimate of drug-likeness (QED) is 0.506. The van der Waals surface area contributed by atoms with Crippen molar-refractivity contribution in [3.63, 3.8) is 0 Å². The predicted molar refractivity (Wildman–Crippen MR) is 131 cm³/mol. The lowest BCUT2D eigenvalue weighted by atomic mass is 9.95. The van der Waals surface area contributed by atoms with Crippen molar-refractivity contribution in [3.8, 4) is 11.5 Å². The van der Waals surface area contributed by atoms with Gasteiger partial charge in [-0.25, -0.2) is 0 Å². The molecule has 2 amide bonds. The fraction of sp³-hybridized carbons (Fsp3) is 0.538. The molecule has 1 N–H and O–H groups in total. The van der Waals surface area contributed by atoms with Gasteiger partial charge in [-0.2, -0.15) is 0 Å². The summed E-state index contributed by atoms with van der Waals surface area (Å²) in [5.74, 6) is 0.791. The molecule has 0 unspecified atom stereocenters. The number of amides is 2. The van der Waals surface area contributed by atoms with Gasteiger partial charge in [-0.15, -0.1) is 11.3 Å². The standard InChI is InChI=1S/C26H34N2O5S/c1-2-31-16-9-15-28(26(30)22-18-32-20-12-6-7-13-21(20)33-22)24(23-14-8-17-34-23)25(29)27-19-10-4-3-5-11-19/h6-8,12-14,17,19,22,24H,2-5,9-11,15-16,18H2,1H3,(H,27,29)/t22-,24+/m0/s1. The molecule has 34 heavy (non-hydrogen) atoms.